The Hall–Kier alpha value is -1.19. The summed E-state index contributed by atoms with van der Waals surface area (Å²) in [5, 5.41) is 2.77. The molecule has 0 spiro atoms. The van der Waals surface area contributed by atoms with Gasteiger partial charge in [-0.15, -0.1) is 0 Å². The molecule has 0 fully saturated rings. The fourth-order valence-electron chi connectivity index (χ4n) is 1.79. The van der Waals surface area contributed by atoms with Crippen molar-refractivity contribution >= 4 is 10.0 Å². The van der Waals surface area contributed by atoms with Crippen molar-refractivity contribution in [2.24, 2.45) is 0 Å². The maximum absolute atomic E-state index is 13.8. The Morgan fingerprint density at radius 1 is 1.29 bits per heavy atom. The fourth-order valence-corrected chi connectivity index (χ4v) is 3.10. The van der Waals surface area contributed by atoms with Crippen molar-refractivity contribution in [2.75, 3.05) is 7.05 Å². The molecule has 21 heavy (non-hydrogen) atoms. The van der Waals surface area contributed by atoms with Crippen LogP contribution in [0.25, 0.3) is 0 Å². The van der Waals surface area contributed by atoms with Gasteiger partial charge in [-0.1, -0.05) is 6.07 Å². The van der Waals surface area contributed by atoms with Crippen molar-refractivity contribution in [1.82, 2.24) is 10.0 Å². The number of alkyl halides is 3. The van der Waals surface area contributed by atoms with Crippen LogP contribution in [-0.2, 0) is 16.6 Å². The lowest BCUT2D eigenvalue weighted by Crippen LogP contribution is -2.36. The third-order valence-electron chi connectivity index (χ3n) is 2.56. The number of nitrogens with one attached hydrogen (secondary N) is 2. The molecule has 0 aromatic heterocycles. The van der Waals surface area contributed by atoms with E-state index < -0.39 is 39.4 Å². The van der Waals surface area contributed by atoms with E-state index in [2.05, 4.69) is 5.32 Å². The Bertz CT molecular complexity index is 587. The van der Waals surface area contributed by atoms with Crippen LogP contribution in [0.5, 0.6) is 0 Å². The van der Waals surface area contributed by atoms with Crippen LogP contribution >= 0.6 is 0 Å². The maximum atomic E-state index is 13.8. The Labute approximate surface area is 120 Å². The van der Waals surface area contributed by atoms with Crippen LogP contribution in [0.1, 0.15) is 18.9 Å². The zero-order chi connectivity index (χ0) is 16.3. The minimum atomic E-state index is -4.50. The molecule has 0 aliphatic carbocycles. The second-order valence-electron chi connectivity index (χ2n) is 4.64. The van der Waals surface area contributed by atoms with Gasteiger partial charge in [0.25, 0.3) is 0 Å². The lowest BCUT2D eigenvalue weighted by molar-refractivity contribution is -0.137. The van der Waals surface area contributed by atoms with Gasteiger partial charge in [-0.05, 0) is 31.7 Å². The molecule has 0 aliphatic heterocycles. The SMILES string of the molecule is CNCc1ccc(S(=O)(=O)NC(C)CC(F)(F)F)c(F)c1. The highest BCUT2D eigenvalue weighted by Gasteiger charge is 2.32. The van der Waals surface area contributed by atoms with Crippen molar-refractivity contribution in [3.05, 3.63) is 29.6 Å². The van der Waals surface area contributed by atoms with Gasteiger partial charge in [0.2, 0.25) is 10.0 Å². The maximum Gasteiger partial charge on any atom is 0.390 e. The Morgan fingerprint density at radius 2 is 1.90 bits per heavy atom. The number of rotatable bonds is 6. The first kappa shape index (κ1) is 17.9. The van der Waals surface area contributed by atoms with Gasteiger partial charge in [-0.2, -0.15) is 13.2 Å². The van der Waals surface area contributed by atoms with Crippen LogP contribution in [-0.4, -0.2) is 27.7 Å². The second kappa shape index (κ2) is 6.71. The molecule has 1 aromatic rings. The molecule has 0 bridgehead atoms. The summed E-state index contributed by atoms with van der Waals surface area (Å²) < 4.78 is 75.9. The van der Waals surface area contributed by atoms with E-state index in [1.165, 1.54) is 6.07 Å². The molecule has 9 heteroatoms. The molecular formula is C12H16F4N2O2S. The Balaban J connectivity index is 2.93. The highest BCUT2D eigenvalue weighted by molar-refractivity contribution is 7.89. The third-order valence-corrected chi connectivity index (χ3v) is 4.18. The average Bonchev–Trinajstić information content (AvgIpc) is 2.25. The van der Waals surface area contributed by atoms with Gasteiger partial charge in [0.05, 0.1) is 6.42 Å². The van der Waals surface area contributed by atoms with Crippen LogP contribution < -0.4 is 10.0 Å². The largest absolute Gasteiger partial charge is 0.390 e. The van der Waals surface area contributed by atoms with E-state index in [-0.39, 0.29) is 0 Å². The van der Waals surface area contributed by atoms with E-state index in [1.54, 1.807) is 7.05 Å². The van der Waals surface area contributed by atoms with Crippen LogP contribution in [0.2, 0.25) is 0 Å². The molecule has 0 amide bonds. The van der Waals surface area contributed by atoms with Gasteiger partial charge >= 0.3 is 6.18 Å². The molecule has 0 aliphatic rings. The van der Waals surface area contributed by atoms with Crippen molar-refractivity contribution < 1.29 is 26.0 Å². The van der Waals surface area contributed by atoms with Crippen LogP contribution in [0, 0.1) is 5.82 Å². The number of hydrogen-bond donors (Lipinski definition) is 2. The highest BCUT2D eigenvalue weighted by Crippen LogP contribution is 2.23. The molecular weight excluding hydrogens is 312 g/mol. The summed E-state index contributed by atoms with van der Waals surface area (Å²) in [4.78, 5) is -0.670. The average molecular weight is 328 g/mol. The molecule has 4 nitrogen and oxygen atoms in total. The molecule has 0 saturated carbocycles. The third kappa shape index (κ3) is 5.60. The molecule has 1 unspecified atom stereocenters. The predicted octanol–water partition coefficient (Wildman–Crippen LogP) is 2.16. The Morgan fingerprint density at radius 3 is 2.38 bits per heavy atom. The lowest BCUT2D eigenvalue weighted by Gasteiger charge is -2.16. The molecule has 1 rings (SSSR count). The molecule has 1 atom stereocenters. The van der Waals surface area contributed by atoms with E-state index >= 15 is 0 Å². The normalized spacial score (nSPS) is 14.2. The number of halogens is 4. The molecule has 0 saturated heterocycles. The fraction of sp³-hybridized carbons (Fsp3) is 0.500. The second-order valence-corrected chi connectivity index (χ2v) is 6.32. The monoisotopic (exact) mass is 328 g/mol. The molecule has 120 valence electrons. The van der Waals surface area contributed by atoms with E-state index in [9.17, 15) is 26.0 Å². The smallest absolute Gasteiger partial charge is 0.316 e. The number of hydrogen-bond acceptors (Lipinski definition) is 3. The molecule has 0 heterocycles. The van der Waals surface area contributed by atoms with E-state index in [1.807, 2.05) is 4.72 Å². The minimum absolute atomic E-state index is 0.342. The summed E-state index contributed by atoms with van der Waals surface area (Å²) >= 11 is 0. The first-order valence-electron chi connectivity index (χ1n) is 6.07. The first-order chi connectivity index (χ1) is 9.55. The molecule has 1 aromatic carbocycles. The standard InChI is InChI=1S/C12H16F4N2O2S/c1-8(6-12(14,15)16)18-21(19,20)11-4-3-9(7-17-2)5-10(11)13/h3-5,8,17-18H,6-7H2,1-2H3. The van der Waals surface area contributed by atoms with Gasteiger partial charge in [0, 0.05) is 12.6 Å². The topological polar surface area (TPSA) is 58.2 Å². The van der Waals surface area contributed by atoms with Crippen LogP contribution in [0.3, 0.4) is 0 Å². The van der Waals surface area contributed by atoms with Crippen molar-refractivity contribution in [3.8, 4) is 0 Å². The summed E-state index contributed by atoms with van der Waals surface area (Å²) in [6.07, 6.45) is -5.83. The van der Waals surface area contributed by atoms with E-state index in [0.29, 0.717) is 12.1 Å². The van der Waals surface area contributed by atoms with Crippen LogP contribution in [0.15, 0.2) is 23.1 Å². The van der Waals surface area contributed by atoms with E-state index in [4.69, 9.17) is 0 Å². The van der Waals surface area contributed by atoms with Crippen molar-refractivity contribution in [2.45, 2.75) is 37.0 Å². The summed E-state index contributed by atoms with van der Waals surface area (Å²) in [7, 11) is -2.70. The van der Waals surface area contributed by atoms with Crippen LogP contribution in [0.4, 0.5) is 17.6 Å². The minimum Gasteiger partial charge on any atom is -0.316 e. The van der Waals surface area contributed by atoms with Crippen molar-refractivity contribution in [3.63, 3.8) is 0 Å². The summed E-state index contributed by atoms with van der Waals surface area (Å²) in [6.45, 7) is 1.41. The summed E-state index contributed by atoms with van der Waals surface area (Å²) in [5.41, 5.74) is 0.525. The van der Waals surface area contributed by atoms with Gasteiger partial charge in [0.1, 0.15) is 10.7 Å². The molecule has 0 radical (unpaired) electrons. The summed E-state index contributed by atoms with van der Waals surface area (Å²) in [6, 6.07) is 2.07. The Kier molecular flexibility index (Phi) is 5.71. The number of benzene rings is 1. The van der Waals surface area contributed by atoms with Gasteiger partial charge in [-0.3, -0.25) is 0 Å². The molecule has 2 N–H and O–H groups in total. The quantitative estimate of drug-likeness (QED) is 0.787. The zero-order valence-corrected chi connectivity index (χ0v) is 12.3. The first-order valence-corrected chi connectivity index (χ1v) is 7.55. The zero-order valence-electron chi connectivity index (χ0n) is 11.5. The van der Waals surface area contributed by atoms with Gasteiger partial charge < -0.3 is 5.32 Å². The van der Waals surface area contributed by atoms with Crippen molar-refractivity contribution in [1.29, 1.82) is 0 Å². The summed E-state index contributed by atoms with van der Waals surface area (Å²) in [5.74, 6) is -1.01. The lowest BCUT2D eigenvalue weighted by atomic mass is 10.2. The highest BCUT2D eigenvalue weighted by atomic mass is 32.2. The number of sulfonamides is 1. The van der Waals surface area contributed by atoms with E-state index in [0.717, 1.165) is 19.1 Å². The predicted molar refractivity (Wildman–Crippen MR) is 69.6 cm³/mol. The van der Waals surface area contributed by atoms with Gasteiger partial charge in [0.15, 0.2) is 0 Å². The van der Waals surface area contributed by atoms with Gasteiger partial charge in [-0.25, -0.2) is 17.5 Å².